The molecule has 2 atom stereocenters. The Kier molecular flexibility index (Phi) is 4.24. The molecule has 0 aliphatic rings. The Bertz CT molecular complexity index is 196. The maximum Gasteiger partial charge on any atom is 0.302 e. The maximum absolute atomic E-state index is 10.2. The predicted octanol–water partition coefficient (Wildman–Crippen LogP) is -0.833. The van der Waals surface area contributed by atoms with Crippen molar-refractivity contribution in [3.8, 4) is 0 Å². The van der Waals surface area contributed by atoms with E-state index in [1.807, 2.05) is 0 Å². The molecule has 8 heteroatoms. The number of hydrogen-bond donors (Lipinski definition) is 2. The van der Waals surface area contributed by atoms with Crippen molar-refractivity contribution in [2.24, 2.45) is 0 Å². The van der Waals surface area contributed by atoms with Gasteiger partial charge in [0, 0.05) is 11.8 Å². The van der Waals surface area contributed by atoms with Crippen molar-refractivity contribution in [1.82, 2.24) is 0 Å². The average molecular weight is 199 g/mol. The Morgan fingerprint density at radius 1 is 1.75 bits per heavy atom. The first-order valence-corrected chi connectivity index (χ1v) is 3.95. The van der Waals surface area contributed by atoms with Crippen molar-refractivity contribution in [2.45, 2.75) is 12.5 Å². The average Bonchev–Trinajstić information content (AvgIpc) is 1.99. The van der Waals surface area contributed by atoms with Gasteiger partial charge in [0.2, 0.25) is 0 Å². The van der Waals surface area contributed by atoms with Crippen LogP contribution in [0.2, 0.25) is 0 Å². The van der Waals surface area contributed by atoms with E-state index in [9.17, 15) is 14.3 Å². The smallest absolute Gasteiger partial charge is 0.302 e. The lowest BCUT2D eigenvalue weighted by atomic mass is 10.1. The molecule has 0 heterocycles. The van der Waals surface area contributed by atoms with E-state index in [4.69, 9.17) is 9.66 Å². The second kappa shape index (κ2) is 4.45. The van der Waals surface area contributed by atoms with Crippen LogP contribution < -0.4 is 0 Å². The van der Waals surface area contributed by atoms with Gasteiger partial charge in [-0.15, -0.1) is 0 Å². The fourth-order valence-corrected chi connectivity index (χ4v) is 0.688. The first kappa shape index (κ1) is 11.4. The number of nitrogens with zero attached hydrogens (tertiary/aromatic N) is 1. The van der Waals surface area contributed by atoms with Gasteiger partial charge in [0.15, 0.2) is 0 Å². The van der Waals surface area contributed by atoms with Crippen LogP contribution in [0.4, 0.5) is 0 Å². The lowest BCUT2D eigenvalue weighted by Gasteiger charge is -2.15. The Morgan fingerprint density at radius 3 is 2.50 bits per heavy atom. The summed E-state index contributed by atoms with van der Waals surface area (Å²) < 4.78 is 22.2. The van der Waals surface area contributed by atoms with Crippen molar-refractivity contribution in [3.63, 3.8) is 0 Å². The molecular formula is C4H9NO6S. The Hall–Kier alpha value is -0.570. The molecule has 2 unspecified atom stereocenters. The van der Waals surface area contributed by atoms with E-state index in [0.717, 1.165) is 6.92 Å². The molecule has 0 aromatic rings. The van der Waals surface area contributed by atoms with Crippen molar-refractivity contribution in [1.29, 1.82) is 0 Å². The second-order valence-electron chi connectivity index (χ2n) is 2.39. The van der Waals surface area contributed by atoms with Crippen LogP contribution >= 0.6 is 0 Å². The summed E-state index contributed by atoms with van der Waals surface area (Å²) in [6, 6.07) is 0. The Labute approximate surface area is 71.0 Å². The van der Waals surface area contributed by atoms with Gasteiger partial charge in [-0.3, -0.25) is 18.9 Å². The molecule has 0 rings (SSSR count). The molecule has 0 amide bonds. The zero-order valence-corrected chi connectivity index (χ0v) is 7.11. The minimum atomic E-state index is -2.55. The van der Waals surface area contributed by atoms with Gasteiger partial charge in [0.1, 0.15) is 13.2 Å². The Balaban J connectivity index is 4.15. The van der Waals surface area contributed by atoms with Crippen molar-refractivity contribution >= 4 is 11.4 Å². The third kappa shape index (κ3) is 3.22. The summed E-state index contributed by atoms with van der Waals surface area (Å²) in [7, 11) is 0. The third-order valence-electron chi connectivity index (χ3n) is 1.25. The molecule has 0 saturated carbocycles. The molecule has 0 aromatic heterocycles. The van der Waals surface area contributed by atoms with Gasteiger partial charge in [-0.05, 0) is 0 Å². The third-order valence-corrected chi connectivity index (χ3v) is 1.57. The van der Waals surface area contributed by atoms with E-state index >= 15 is 0 Å². The first-order chi connectivity index (χ1) is 5.42. The number of aliphatic hydroxyl groups excluding tert-OH is 1. The molecule has 0 saturated heterocycles. The largest absolute Gasteiger partial charge is 0.389 e. The van der Waals surface area contributed by atoms with Crippen LogP contribution in [0.25, 0.3) is 0 Å². The summed E-state index contributed by atoms with van der Waals surface area (Å²) in [5, 5.41) is 18.8. The van der Waals surface area contributed by atoms with Gasteiger partial charge in [-0.2, -0.15) is 4.21 Å². The molecule has 0 aromatic carbocycles. The quantitative estimate of drug-likeness (QED) is 0.339. The van der Waals surface area contributed by atoms with Crippen LogP contribution in [0.5, 0.6) is 0 Å². The van der Waals surface area contributed by atoms with Crippen LogP contribution in [0.15, 0.2) is 0 Å². The highest BCUT2D eigenvalue weighted by Crippen LogP contribution is 2.08. The van der Waals surface area contributed by atoms with Gasteiger partial charge in [-0.25, -0.2) is 0 Å². The number of hydrogen-bond acceptors (Lipinski definition) is 5. The fourth-order valence-electron chi connectivity index (χ4n) is 0.333. The highest BCUT2D eigenvalue weighted by atomic mass is 32.2. The minimum Gasteiger partial charge on any atom is -0.389 e. The zero-order valence-electron chi connectivity index (χ0n) is 6.30. The van der Waals surface area contributed by atoms with Crippen molar-refractivity contribution in [2.75, 3.05) is 13.2 Å². The van der Waals surface area contributed by atoms with Crippen LogP contribution in [0.3, 0.4) is 0 Å². The molecule has 72 valence electrons. The van der Waals surface area contributed by atoms with Crippen LogP contribution in [0.1, 0.15) is 6.92 Å². The van der Waals surface area contributed by atoms with Crippen LogP contribution in [0, 0.1) is 10.1 Å². The van der Waals surface area contributed by atoms with E-state index in [0.29, 0.717) is 0 Å². The van der Waals surface area contributed by atoms with E-state index in [2.05, 4.69) is 4.18 Å². The summed E-state index contributed by atoms with van der Waals surface area (Å²) >= 11 is -2.55. The van der Waals surface area contributed by atoms with Crippen molar-refractivity contribution < 1.29 is 23.0 Å². The SMILES string of the molecule is CC(CO)(COS(=O)O)[N+](=O)[O-]. The summed E-state index contributed by atoms with van der Waals surface area (Å²) in [6.07, 6.45) is 0. The molecule has 0 fully saturated rings. The van der Waals surface area contributed by atoms with Gasteiger partial charge in [-0.1, -0.05) is 0 Å². The topological polar surface area (TPSA) is 110 Å². The summed E-state index contributed by atoms with van der Waals surface area (Å²) in [6.45, 7) is -0.253. The predicted molar refractivity (Wildman–Crippen MR) is 39.2 cm³/mol. The number of rotatable bonds is 5. The molecular weight excluding hydrogens is 190 g/mol. The standard InChI is InChI=1S/C4H9NO6S/c1-4(2-6,5(7)8)3-11-12(9)10/h6H,2-3H2,1H3,(H,9,10). The van der Waals surface area contributed by atoms with Gasteiger partial charge < -0.3 is 5.11 Å². The molecule has 12 heavy (non-hydrogen) atoms. The lowest BCUT2D eigenvalue weighted by Crippen LogP contribution is -2.43. The lowest BCUT2D eigenvalue weighted by molar-refractivity contribution is -0.571. The number of nitro groups is 1. The van der Waals surface area contributed by atoms with Gasteiger partial charge >= 0.3 is 11.4 Å². The molecule has 2 N–H and O–H groups in total. The van der Waals surface area contributed by atoms with Crippen LogP contribution in [-0.2, 0) is 15.5 Å². The summed E-state index contributed by atoms with van der Waals surface area (Å²) in [5.41, 5.74) is -1.72. The maximum atomic E-state index is 10.2. The molecule has 0 aliphatic carbocycles. The number of aliphatic hydroxyl groups is 1. The minimum absolute atomic E-state index is 0.611. The first-order valence-electron chi connectivity index (χ1n) is 2.92. The molecule has 0 aliphatic heterocycles. The summed E-state index contributed by atoms with van der Waals surface area (Å²) in [4.78, 5) is 9.49. The van der Waals surface area contributed by atoms with E-state index in [-0.39, 0.29) is 0 Å². The molecule has 7 nitrogen and oxygen atoms in total. The van der Waals surface area contributed by atoms with E-state index in [1.165, 1.54) is 0 Å². The van der Waals surface area contributed by atoms with E-state index < -0.39 is 35.0 Å². The highest BCUT2D eigenvalue weighted by Gasteiger charge is 2.37. The van der Waals surface area contributed by atoms with Crippen molar-refractivity contribution in [3.05, 3.63) is 10.1 Å². The van der Waals surface area contributed by atoms with Gasteiger partial charge in [0.25, 0.3) is 5.54 Å². The Morgan fingerprint density at radius 2 is 2.25 bits per heavy atom. The monoisotopic (exact) mass is 199 g/mol. The summed E-state index contributed by atoms with van der Waals surface area (Å²) in [5.74, 6) is 0. The second-order valence-corrected chi connectivity index (χ2v) is 3.06. The molecule has 0 spiro atoms. The normalized spacial score (nSPS) is 18.2. The van der Waals surface area contributed by atoms with Crippen LogP contribution in [-0.4, -0.2) is 37.5 Å². The zero-order chi connectivity index (χ0) is 9.78. The van der Waals surface area contributed by atoms with Gasteiger partial charge in [0.05, 0.1) is 0 Å². The highest BCUT2D eigenvalue weighted by molar-refractivity contribution is 7.74. The fraction of sp³-hybridized carbons (Fsp3) is 1.00. The molecule has 0 radical (unpaired) electrons. The molecule has 0 bridgehead atoms. The van der Waals surface area contributed by atoms with E-state index in [1.54, 1.807) is 0 Å².